The van der Waals surface area contributed by atoms with Gasteiger partial charge in [-0.2, -0.15) is 0 Å². The van der Waals surface area contributed by atoms with Crippen LogP contribution in [0.5, 0.6) is 0 Å². The van der Waals surface area contributed by atoms with Crippen molar-refractivity contribution in [2.75, 3.05) is 7.11 Å². The molecule has 1 rings (SSSR count). The summed E-state index contributed by atoms with van der Waals surface area (Å²) < 4.78 is 9.89. The Labute approximate surface area is 160 Å². The Balaban J connectivity index is 2.72. The van der Waals surface area contributed by atoms with Gasteiger partial charge in [-0.05, 0) is 11.5 Å². The largest absolute Gasteiger partial charge is 0.467 e. The van der Waals surface area contributed by atoms with Crippen molar-refractivity contribution in [3.05, 3.63) is 48.6 Å². The molecule has 0 saturated carbocycles. The van der Waals surface area contributed by atoms with Crippen LogP contribution in [0.25, 0.3) is 0 Å². The summed E-state index contributed by atoms with van der Waals surface area (Å²) in [4.78, 5) is 36.6. The van der Waals surface area contributed by atoms with Crippen LogP contribution in [-0.4, -0.2) is 37.2 Å². The number of nitrogens with one attached hydrogen (secondary N) is 2. The van der Waals surface area contributed by atoms with E-state index in [0.29, 0.717) is 0 Å². The molecule has 0 radical (unpaired) electrons. The summed E-state index contributed by atoms with van der Waals surface area (Å²) in [6.07, 6.45) is 0.840. The topological polar surface area (TPSA) is 93.7 Å². The lowest BCUT2D eigenvalue weighted by atomic mass is 9.99. The van der Waals surface area contributed by atoms with Gasteiger partial charge in [-0.25, -0.2) is 9.59 Å². The summed E-state index contributed by atoms with van der Waals surface area (Å²) in [6, 6.07) is 7.46. The number of carbonyl (C=O) groups excluding carboxylic acids is 3. The molecule has 1 aromatic carbocycles. The molecule has 27 heavy (non-hydrogen) atoms. The van der Waals surface area contributed by atoms with Gasteiger partial charge < -0.3 is 20.1 Å². The van der Waals surface area contributed by atoms with Crippen LogP contribution < -0.4 is 10.6 Å². The summed E-state index contributed by atoms with van der Waals surface area (Å²) in [7, 11) is 1.25. The number of esters is 1. The maximum absolute atomic E-state index is 12.6. The summed E-state index contributed by atoms with van der Waals surface area (Å²) >= 11 is 0. The van der Waals surface area contributed by atoms with Crippen LogP contribution >= 0.6 is 0 Å². The van der Waals surface area contributed by atoms with E-state index >= 15 is 0 Å². The third kappa shape index (κ3) is 7.13. The second kappa shape index (κ2) is 11.0. The average molecular weight is 376 g/mol. The molecule has 2 amide bonds. The Morgan fingerprint density at radius 3 is 2.22 bits per heavy atom. The number of methoxy groups -OCH3 is 1. The lowest BCUT2D eigenvalue weighted by molar-refractivity contribution is -0.146. The van der Waals surface area contributed by atoms with E-state index in [4.69, 9.17) is 9.47 Å². The van der Waals surface area contributed by atoms with Crippen molar-refractivity contribution in [1.29, 1.82) is 0 Å². The lowest BCUT2D eigenvalue weighted by Crippen LogP contribution is -2.55. The van der Waals surface area contributed by atoms with Crippen molar-refractivity contribution in [1.82, 2.24) is 10.6 Å². The highest BCUT2D eigenvalue weighted by Crippen LogP contribution is 2.09. The maximum Gasteiger partial charge on any atom is 0.408 e. The van der Waals surface area contributed by atoms with Crippen molar-refractivity contribution in [2.45, 2.75) is 39.5 Å². The molecule has 0 aromatic heterocycles. The van der Waals surface area contributed by atoms with Crippen LogP contribution in [0.4, 0.5) is 4.79 Å². The molecule has 0 fully saturated rings. The molecule has 0 heterocycles. The monoisotopic (exact) mass is 376 g/mol. The number of ether oxygens (including phenoxy) is 2. The molecule has 0 aliphatic carbocycles. The van der Waals surface area contributed by atoms with E-state index < -0.39 is 30.1 Å². The number of benzene rings is 1. The predicted octanol–water partition coefficient (Wildman–Crippen LogP) is 2.42. The van der Waals surface area contributed by atoms with Crippen LogP contribution in [0, 0.1) is 11.8 Å². The van der Waals surface area contributed by atoms with Crippen LogP contribution in [0.15, 0.2) is 43.0 Å². The fourth-order valence-corrected chi connectivity index (χ4v) is 2.34. The fraction of sp³-hybridized carbons (Fsp3) is 0.450. The van der Waals surface area contributed by atoms with Crippen LogP contribution in [0.1, 0.15) is 26.3 Å². The molecular weight excluding hydrogens is 348 g/mol. The average Bonchev–Trinajstić information content (AvgIpc) is 2.67. The SMILES string of the molecule is C=C[C@@H](C)[C@H](NC(=O)[C@@H](NC(=O)OCc1ccccc1)C(C)C)C(=O)OC. The smallest absolute Gasteiger partial charge is 0.408 e. The first-order valence-electron chi connectivity index (χ1n) is 8.78. The van der Waals surface area contributed by atoms with Crippen LogP contribution in [0.2, 0.25) is 0 Å². The molecule has 0 bridgehead atoms. The number of hydrogen-bond donors (Lipinski definition) is 2. The third-order valence-corrected chi connectivity index (χ3v) is 4.09. The standard InChI is InChI=1S/C20H28N2O5/c1-6-14(4)17(19(24)26-5)21-18(23)16(13(2)3)22-20(25)27-12-15-10-8-7-9-11-15/h6-11,13-14,16-17H,1,12H2,2-5H3,(H,21,23)(H,22,25)/t14-,16+,17+/m1/s1. The van der Waals surface area contributed by atoms with Crippen molar-refractivity contribution < 1.29 is 23.9 Å². The number of alkyl carbamates (subject to hydrolysis) is 1. The lowest BCUT2D eigenvalue weighted by Gasteiger charge is -2.26. The molecular formula is C20H28N2O5. The summed E-state index contributed by atoms with van der Waals surface area (Å²) in [5.41, 5.74) is 0.837. The number of amides is 2. The highest BCUT2D eigenvalue weighted by atomic mass is 16.5. The van der Waals surface area contributed by atoms with E-state index in [2.05, 4.69) is 17.2 Å². The summed E-state index contributed by atoms with van der Waals surface area (Å²) in [5.74, 6) is -1.62. The highest BCUT2D eigenvalue weighted by Gasteiger charge is 2.31. The molecule has 3 atom stereocenters. The molecule has 148 valence electrons. The Morgan fingerprint density at radius 2 is 1.70 bits per heavy atom. The van der Waals surface area contributed by atoms with E-state index in [1.807, 2.05) is 30.3 Å². The van der Waals surface area contributed by atoms with E-state index in [1.54, 1.807) is 26.8 Å². The summed E-state index contributed by atoms with van der Waals surface area (Å²) in [6.45, 7) is 9.04. The van der Waals surface area contributed by atoms with Crippen LogP contribution in [0.3, 0.4) is 0 Å². The second-order valence-corrected chi connectivity index (χ2v) is 6.53. The van der Waals surface area contributed by atoms with Gasteiger partial charge in [-0.3, -0.25) is 4.79 Å². The fourth-order valence-electron chi connectivity index (χ4n) is 2.34. The van der Waals surface area contributed by atoms with Gasteiger partial charge in [-0.15, -0.1) is 6.58 Å². The highest BCUT2D eigenvalue weighted by molar-refractivity contribution is 5.90. The van der Waals surface area contributed by atoms with Gasteiger partial charge >= 0.3 is 12.1 Å². The normalized spacial score (nSPS) is 13.8. The molecule has 0 aliphatic heterocycles. The van der Waals surface area contributed by atoms with Crippen LogP contribution in [-0.2, 0) is 25.7 Å². The Kier molecular flexibility index (Phi) is 9.05. The van der Waals surface area contributed by atoms with Gasteiger partial charge in [0.05, 0.1) is 7.11 Å². The Hall–Kier alpha value is -2.83. The minimum atomic E-state index is -0.886. The maximum atomic E-state index is 12.6. The minimum Gasteiger partial charge on any atom is -0.467 e. The first-order valence-corrected chi connectivity index (χ1v) is 8.78. The zero-order chi connectivity index (χ0) is 20.4. The Morgan fingerprint density at radius 1 is 1.07 bits per heavy atom. The van der Waals surface area contributed by atoms with E-state index in [9.17, 15) is 14.4 Å². The van der Waals surface area contributed by atoms with Gasteiger partial charge in [0.2, 0.25) is 5.91 Å². The van der Waals surface area contributed by atoms with Gasteiger partial charge in [0.1, 0.15) is 18.7 Å². The van der Waals surface area contributed by atoms with Gasteiger partial charge in [-0.1, -0.05) is 57.2 Å². The number of hydrogen-bond acceptors (Lipinski definition) is 5. The Bertz CT molecular complexity index is 645. The number of rotatable bonds is 9. The first kappa shape index (κ1) is 22.2. The third-order valence-electron chi connectivity index (χ3n) is 4.09. The van der Waals surface area contributed by atoms with E-state index in [-0.39, 0.29) is 18.4 Å². The first-order chi connectivity index (χ1) is 12.8. The zero-order valence-electron chi connectivity index (χ0n) is 16.2. The molecule has 0 saturated heterocycles. The molecule has 0 unspecified atom stereocenters. The molecule has 1 aromatic rings. The zero-order valence-corrected chi connectivity index (χ0v) is 16.2. The van der Waals surface area contributed by atoms with Crippen molar-refractivity contribution in [2.24, 2.45) is 11.8 Å². The van der Waals surface area contributed by atoms with Gasteiger partial charge in [0.25, 0.3) is 0 Å². The molecule has 0 aliphatic rings. The van der Waals surface area contributed by atoms with Gasteiger partial charge in [0, 0.05) is 5.92 Å². The van der Waals surface area contributed by atoms with E-state index in [1.165, 1.54) is 7.11 Å². The van der Waals surface area contributed by atoms with Crippen molar-refractivity contribution in [3.8, 4) is 0 Å². The minimum absolute atomic E-state index is 0.0946. The molecule has 7 heteroatoms. The quantitative estimate of drug-likeness (QED) is 0.510. The van der Waals surface area contributed by atoms with E-state index in [0.717, 1.165) is 5.56 Å². The second-order valence-electron chi connectivity index (χ2n) is 6.53. The number of carbonyl (C=O) groups is 3. The molecule has 2 N–H and O–H groups in total. The predicted molar refractivity (Wildman–Crippen MR) is 102 cm³/mol. The molecule has 0 spiro atoms. The molecule has 7 nitrogen and oxygen atoms in total. The van der Waals surface area contributed by atoms with Gasteiger partial charge in [0.15, 0.2) is 0 Å². The summed E-state index contributed by atoms with van der Waals surface area (Å²) in [5, 5.41) is 5.18. The van der Waals surface area contributed by atoms with Crippen molar-refractivity contribution in [3.63, 3.8) is 0 Å². The van der Waals surface area contributed by atoms with Crippen molar-refractivity contribution >= 4 is 18.0 Å².